The summed E-state index contributed by atoms with van der Waals surface area (Å²) in [5.41, 5.74) is 0.271. The Morgan fingerprint density at radius 3 is 2.27 bits per heavy atom. The van der Waals surface area contributed by atoms with E-state index in [-0.39, 0.29) is 5.56 Å². The van der Waals surface area contributed by atoms with Crippen LogP contribution >= 0.6 is 0 Å². The lowest BCUT2D eigenvalue weighted by atomic mass is 10.1. The van der Waals surface area contributed by atoms with Gasteiger partial charge in [-0.3, -0.25) is 4.79 Å². The maximum Gasteiger partial charge on any atom is 0.195 e. The molecule has 0 radical (unpaired) electrons. The molecule has 0 fully saturated rings. The number of carbonyl (C=O) groups is 1. The van der Waals surface area contributed by atoms with Crippen molar-refractivity contribution < 1.29 is 9.90 Å². The van der Waals surface area contributed by atoms with Crippen LogP contribution in [0.2, 0.25) is 0 Å². The minimum Gasteiger partial charge on any atom is -0.856 e. The fraction of sp³-hybridized carbons (Fsp3) is 0. The lowest BCUT2D eigenvalue weighted by Crippen LogP contribution is -2.26. The molecule has 0 saturated heterocycles. The van der Waals surface area contributed by atoms with E-state index in [2.05, 4.69) is 0 Å². The molecule has 1 N–H and O–H groups in total. The molecule has 0 saturated carbocycles. The molecular formula is C8H6NO2-. The molecule has 0 bridgehead atoms. The molecule has 1 aromatic carbocycles. The number of benzene rings is 1. The van der Waals surface area contributed by atoms with Crippen molar-refractivity contribution in [3.8, 4) is 0 Å². The lowest BCUT2D eigenvalue weighted by Gasteiger charge is -2.04. The van der Waals surface area contributed by atoms with Crippen LogP contribution in [0, 0.1) is 5.41 Å². The van der Waals surface area contributed by atoms with Gasteiger partial charge in [0.2, 0.25) is 0 Å². The smallest absolute Gasteiger partial charge is 0.195 e. The van der Waals surface area contributed by atoms with E-state index in [4.69, 9.17) is 5.41 Å². The van der Waals surface area contributed by atoms with Crippen molar-refractivity contribution in [3.63, 3.8) is 0 Å². The molecule has 0 heterocycles. The Bertz CT molecular complexity index is 279. The van der Waals surface area contributed by atoms with Gasteiger partial charge in [0.1, 0.15) is 0 Å². The summed E-state index contributed by atoms with van der Waals surface area (Å²) in [6, 6.07) is 8.06. The van der Waals surface area contributed by atoms with Gasteiger partial charge in [-0.1, -0.05) is 30.3 Å². The Morgan fingerprint density at radius 1 is 1.27 bits per heavy atom. The van der Waals surface area contributed by atoms with E-state index >= 15 is 0 Å². The molecule has 1 rings (SSSR count). The number of Topliss-reactive ketones (excluding diaryl/α,β-unsaturated/α-hetero) is 1. The van der Waals surface area contributed by atoms with E-state index in [9.17, 15) is 9.90 Å². The highest BCUT2D eigenvalue weighted by molar-refractivity contribution is 6.40. The maximum absolute atomic E-state index is 10.8. The van der Waals surface area contributed by atoms with Crippen LogP contribution in [0.4, 0.5) is 0 Å². The molecule has 0 aromatic heterocycles. The largest absolute Gasteiger partial charge is 0.856 e. The number of hydrogen-bond acceptors (Lipinski definition) is 3. The van der Waals surface area contributed by atoms with E-state index in [0.717, 1.165) is 0 Å². The van der Waals surface area contributed by atoms with E-state index in [1.54, 1.807) is 18.2 Å². The third-order valence-electron chi connectivity index (χ3n) is 1.24. The first kappa shape index (κ1) is 7.47. The topological polar surface area (TPSA) is 64.0 Å². The molecule has 0 amide bonds. The molecule has 3 heteroatoms. The van der Waals surface area contributed by atoms with Gasteiger partial charge in [0.25, 0.3) is 0 Å². The second-order valence-electron chi connectivity index (χ2n) is 2.02. The number of rotatable bonds is 2. The summed E-state index contributed by atoms with van der Waals surface area (Å²) in [5.74, 6) is -1.93. The highest BCUT2D eigenvalue weighted by Gasteiger charge is 2.01. The van der Waals surface area contributed by atoms with Crippen molar-refractivity contribution in [3.05, 3.63) is 35.9 Å². The van der Waals surface area contributed by atoms with Crippen LogP contribution in [0.3, 0.4) is 0 Å². The summed E-state index contributed by atoms with van der Waals surface area (Å²) in [6.07, 6.45) is 0. The zero-order chi connectivity index (χ0) is 8.27. The minimum absolute atomic E-state index is 0.271. The second-order valence-corrected chi connectivity index (χ2v) is 2.02. The molecular weight excluding hydrogens is 142 g/mol. The van der Waals surface area contributed by atoms with E-state index < -0.39 is 11.7 Å². The summed E-state index contributed by atoms with van der Waals surface area (Å²) >= 11 is 0. The average molecular weight is 148 g/mol. The third kappa shape index (κ3) is 1.64. The fourth-order valence-electron chi connectivity index (χ4n) is 0.721. The van der Waals surface area contributed by atoms with Gasteiger partial charge in [0.05, 0.1) is 0 Å². The van der Waals surface area contributed by atoms with Crippen molar-refractivity contribution in [2.24, 2.45) is 0 Å². The van der Waals surface area contributed by atoms with Gasteiger partial charge < -0.3 is 10.5 Å². The standard InChI is InChI=1S/C8H7NO2/c9-8(11)7(10)6-4-2-1-3-5-6/h1-5H,(H2,9,11)/p-1. The summed E-state index contributed by atoms with van der Waals surface area (Å²) in [6.45, 7) is 0. The molecule has 0 aliphatic carbocycles. The first-order valence-corrected chi connectivity index (χ1v) is 3.07. The predicted molar refractivity (Wildman–Crippen MR) is 38.5 cm³/mol. The van der Waals surface area contributed by atoms with Crippen molar-refractivity contribution in [2.45, 2.75) is 0 Å². The summed E-state index contributed by atoms with van der Waals surface area (Å²) in [7, 11) is 0. The summed E-state index contributed by atoms with van der Waals surface area (Å²) < 4.78 is 0. The van der Waals surface area contributed by atoms with Crippen molar-refractivity contribution in [2.75, 3.05) is 0 Å². The number of carbonyl (C=O) groups excluding carboxylic acids is 1. The second kappa shape index (κ2) is 2.96. The zero-order valence-electron chi connectivity index (χ0n) is 5.70. The van der Waals surface area contributed by atoms with Crippen LogP contribution in [-0.4, -0.2) is 11.7 Å². The van der Waals surface area contributed by atoms with Crippen LogP contribution < -0.4 is 5.11 Å². The lowest BCUT2D eigenvalue weighted by molar-refractivity contribution is -0.213. The van der Waals surface area contributed by atoms with E-state index in [0.29, 0.717) is 0 Å². The SMILES string of the molecule is N=C([O-])C(=O)c1ccccc1. The summed E-state index contributed by atoms with van der Waals surface area (Å²) in [5, 5.41) is 16.8. The molecule has 1 aromatic rings. The normalized spacial score (nSPS) is 9.09. The molecule has 11 heavy (non-hydrogen) atoms. The Kier molecular flexibility index (Phi) is 2.01. The quantitative estimate of drug-likeness (QED) is 0.370. The Balaban J connectivity index is 2.95. The Hall–Kier alpha value is -1.64. The monoisotopic (exact) mass is 148 g/mol. The molecule has 56 valence electrons. The van der Waals surface area contributed by atoms with Crippen LogP contribution in [0.15, 0.2) is 30.3 Å². The Morgan fingerprint density at radius 2 is 1.82 bits per heavy atom. The number of ketones is 1. The maximum atomic E-state index is 10.8. The van der Waals surface area contributed by atoms with E-state index in [1.165, 1.54) is 12.1 Å². The number of hydrogen-bond donors (Lipinski definition) is 1. The van der Waals surface area contributed by atoms with Crippen LogP contribution in [-0.2, 0) is 0 Å². The van der Waals surface area contributed by atoms with Gasteiger partial charge in [0.15, 0.2) is 5.78 Å². The Labute approximate surface area is 63.8 Å². The van der Waals surface area contributed by atoms with Gasteiger partial charge in [-0.2, -0.15) is 0 Å². The molecule has 3 nitrogen and oxygen atoms in total. The van der Waals surface area contributed by atoms with Gasteiger partial charge in [-0.05, 0) is 0 Å². The molecule has 0 aliphatic rings. The highest BCUT2D eigenvalue weighted by atomic mass is 16.3. The molecule has 0 spiro atoms. The van der Waals surface area contributed by atoms with Gasteiger partial charge in [-0.15, -0.1) is 0 Å². The first-order valence-electron chi connectivity index (χ1n) is 3.07. The van der Waals surface area contributed by atoms with Gasteiger partial charge in [0, 0.05) is 11.5 Å². The zero-order valence-corrected chi connectivity index (χ0v) is 5.70. The van der Waals surface area contributed by atoms with Crippen molar-refractivity contribution >= 4 is 11.7 Å². The van der Waals surface area contributed by atoms with Gasteiger partial charge >= 0.3 is 0 Å². The number of nitrogens with one attached hydrogen (secondary N) is 1. The van der Waals surface area contributed by atoms with Gasteiger partial charge in [-0.25, -0.2) is 0 Å². The van der Waals surface area contributed by atoms with Crippen LogP contribution in [0.25, 0.3) is 0 Å². The summed E-state index contributed by atoms with van der Waals surface area (Å²) in [4.78, 5) is 10.8. The molecule has 0 aliphatic heterocycles. The van der Waals surface area contributed by atoms with E-state index in [1.807, 2.05) is 0 Å². The predicted octanol–water partition coefficient (Wildman–Crippen LogP) is 0.207. The molecule has 0 unspecified atom stereocenters. The van der Waals surface area contributed by atoms with Crippen LogP contribution in [0.5, 0.6) is 0 Å². The minimum atomic E-state index is -1.17. The average Bonchev–Trinajstić information content (AvgIpc) is 2.05. The first-order chi connectivity index (χ1) is 5.22. The third-order valence-corrected chi connectivity index (χ3v) is 1.24. The van der Waals surface area contributed by atoms with Crippen molar-refractivity contribution in [1.82, 2.24) is 0 Å². The highest BCUT2D eigenvalue weighted by Crippen LogP contribution is 1.98. The molecule has 0 atom stereocenters. The van der Waals surface area contributed by atoms with Crippen molar-refractivity contribution in [1.29, 1.82) is 5.41 Å². The van der Waals surface area contributed by atoms with Crippen LogP contribution in [0.1, 0.15) is 10.4 Å². The fourth-order valence-corrected chi connectivity index (χ4v) is 0.721.